The van der Waals surface area contributed by atoms with E-state index in [9.17, 15) is 9.59 Å². The lowest BCUT2D eigenvalue weighted by molar-refractivity contribution is -0.121. The van der Waals surface area contributed by atoms with E-state index in [0.717, 1.165) is 25.1 Å². The summed E-state index contributed by atoms with van der Waals surface area (Å²) in [4.78, 5) is 25.7. The molecule has 0 aliphatic carbocycles. The molecule has 150 valence electrons. The van der Waals surface area contributed by atoms with Crippen molar-refractivity contribution in [3.8, 4) is 0 Å². The summed E-state index contributed by atoms with van der Waals surface area (Å²) < 4.78 is 0. The van der Waals surface area contributed by atoms with Gasteiger partial charge in [0, 0.05) is 18.1 Å². The number of halogens is 1. The van der Waals surface area contributed by atoms with Crippen molar-refractivity contribution < 1.29 is 9.59 Å². The number of primary amides is 1. The Hall–Kier alpha value is -2.57. The third-order valence-corrected chi connectivity index (χ3v) is 4.56. The monoisotopic (exact) mass is 402 g/mol. The number of rotatable bonds is 10. The molecule has 3 amide bonds. The van der Waals surface area contributed by atoms with Crippen LogP contribution in [0.2, 0.25) is 5.02 Å². The maximum absolute atomic E-state index is 12.3. The molecular weight excluding hydrogens is 376 g/mol. The molecule has 2 aromatic carbocycles. The minimum atomic E-state index is -0.671. The molecule has 0 heterocycles. The number of carbonyl (C=O) groups excluding carboxylic acids is 2. The van der Waals surface area contributed by atoms with E-state index in [2.05, 4.69) is 34.7 Å². The Morgan fingerprint density at radius 1 is 1.11 bits per heavy atom. The zero-order chi connectivity index (χ0) is 20.4. The zero-order valence-electron chi connectivity index (χ0n) is 16.0. The highest BCUT2D eigenvalue weighted by molar-refractivity contribution is 6.30. The molecule has 0 aromatic heterocycles. The average molecular weight is 403 g/mol. The molecule has 7 heteroatoms. The van der Waals surface area contributed by atoms with E-state index in [1.54, 1.807) is 24.3 Å². The average Bonchev–Trinajstić information content (AvgIpc) is 2.66. The van der Waals surface area contributed by atoms with Crippen molar-refractivity contribution in [2.24, 2.45) is 5.73 Å². The summed E-state index contributed by atoms with van der Waals surface area (Å²) in [6.45, 7) is 2.31. The van der Waals surface area contributed by atoms with Crippen molar-refractivity contribution in [1.29, 1.82) is 0 Å². The lowest BCUT2D eigenvalue weighted by Crippen LogP contribution is -2.37. The van der Waals surface area contributed by atoms with Crippen LogP contribution in [0.4, 0.5) is 4.79 Å². The van der Waals surface area contributed by atoms with E-state index < -0.39 is 12.1 Å². The molecule has 0 unspecified atom stereocenters. The fourth-order valence-electron chi connectivity index (χ4n) is 2.93. The van der Waals surface area contributed by atoms with Crippen molar-refractivity contribution in [3.05, 3.63) is 70.7 Å². The molecule has 28 heavy (non-hydrogen) atoms. The van der Waals surface area contributed by atoms with Crippen LogP contribution in [0.5, 0.6) is 0 Å². The van der Waals surface area contributed by atoms with Crippen LogP contribution in [0, 0.1) is 0 Å². The molecule has 0 radical (unpaired) electrons. The number of benzene rings is 2. The smallest absolute Gasteiger partial charge is 0.312 e. The molecule has 0 aliphatic heterocycles. The van der Waals surface area contributed by atoms with Crippen molar-refractivity contribution in [2.75, 3.05) is 20.1 Å². The van der Waals surface area contributed by atoms with E-state index in [-0.39, 0.29) is 12.3 Å². The van der Waals surface area contributed by atoms with Gasteiger partial charge >= 0.3 is 6.03 Å². The summed E-state index contributed by atoms with van der Waals surface area (Å²) >= 11 is 5.89. The molecule has 4 N–H and O–H groups in total. The van der Waals surface area contributed by atoms with Gasteiger partial charge in [0.1, 0.15) is 0 Å². The highest BCUT2D eigenvalue weighted by Crippen LogP contribution is 2.19. The Labute approximate surface area is 171 Å². The van der Waals surface area contributed by atoms with Crippen molar-refractivity contribution in [2.45, 2.75) is 25.4 Å². The molecule has 0 bridgehead atoms. The Morgan fingerprint density at radius 2 is 1.79 bits per heavy atom. The van der Waals surface area contributed by atoms with Crippen LogP contribution in [-0.4, -0.2) is 37.0 Å². The van der Waals surface area contributed by atoms with Crippen LogP contribution >= 0.6 is 11.6 Å². The van der Waals surface area contributed by atoms with Gasteiger partial charge in [-0.1, -0.05) is 54.1 Å². The number of nitrogens with two attached hydrogens (primary N) is 1. The van der Waals surface area contributed by atoms with Crippen LogP contribution in [0.15, 0.2) is 54.6 Å². The maximum Gasteiger partial charge on any atom is 0.312 e. The molecule has 2 rings (SSSR count). The third-order valence-electron chi connectivity index (χ3n) is 4.31. The number of nitrogens with zero attached hydrogens (tertiary/aromatic N) is 1. The Morgan fingerprint density at radius 3 is 2.43 bits per heavy atom. The second kappa shape index (κ2) is 11.3. The topological polar surface area (TPSA) is 87.5 Å². The van der Waals surface area contributed by atoms with Crippen LogP contribution < -0.4 is 16.4 Å². The Kier molecular flexibility index (Phi) is 8.78. The number of urea groups is 1. The lowest BCUT2D eigenvalue weighted by atomic mass is 10.0. The van der Waals surface area contributed by atoms with Crippen LogP contribution in [0.25, 0.3) is 0 Å². The van der Waals surface area contributed by atoms with E-state index in [1.807, 2.05) is 18.2 Å². The highest BCUT2D eigenvalue weighted by atomic mass is 35.5. The first-order valence-corrected chi connectivity index (χ1v) is 9.62. The maximum atomic E-state index is 12.3. The van der Waals surface area contributed by atoms with Crippen LogP contribution in [-0.2, 0) is 11.3 Å². The number of amides is 3. The molecule has 6 nitrogen and oxygen atoms in total. The molecule has 0 fully saturated rings. The van der Waals surface area contributed by atoms with Crippen molar-refractivity contribution in [1.82, 2.24) is 15.5 Å². The SMILES string of the molecule is CN(CCCNC(=O)C[C@H](NC(N)=O)c1ccc(Cl)cc1)Cc1ccccc1. The summed E-state index contributed by atoms with van der Waals surface area (Å²) in [5, 5.41) is 6.10. The normalized spacial score (nSPS) is 11.8. The number of nitrogens with one attached hydrogen (secondary N) is 2. The largest absolute Gasteiger partial charge is 0.356 e. The van der Waals surface area contributed by atoms with E-state index in [4.69, 9.17) is 17.3 Å². The quantitative estimate of drug-likeness (QED) is 0.533. The van der Waals surface area contributed by atoms with E-state index in [1.165, 1.54) is 5.56 Å². The second-order valence-electron chi connectivity index (χ2n) is 6.74. The standard InChI is InChI=1S/C21H27ClN4O2/c1-26(15-16-6-3-2-4-7-16)13-5-12-24-20(27)14-19(25-21(23)28)17-8-10-18(22)11-9-17/h2-4,6-11,19H,5,12-15H2,1H3,(H,24,27)(H3,23,25,28)/t19-/m0/s1. The van der Waals surface area contributed by atoms with Gasteiger partial charge in [0.15, 0.2) is 0 Å². The predicted molar refractivity (Wildman–Crippen MR) is 112 cm³/mol. The van der Waals surface area contributed by atoms with Gasteiger partial charge in [-0.25, -0.2) is 4.79 Å². The summed E-state index contributed by atoms with van der Waals surface area (Å²) in [7, 11) is 2.06. The predicted octanol–water partition coefficient (Wildman–Crippen LogP) is 3.08. The lowest BCUT2D eigenvalue weighted by Gasteiger charge is -2.19. The molecule has 0 saturated carbocycles. The third kappa shape index (κ3) is 7.98. The van der Waals surface area contributed by atoms with Crippen LogP contribution in [0.3, 0.4) is 0 Å². The highest BCUT2D eigenvalue weighted by Gasteiger charge is 2.17. The van der Waals surface area contributed by atoms with Gasteiger partial charge in [-0.2, -0.15) is 0 Å². The van der Waals surface area contributed by atoms with E-state index >= 15 is 0 Å². The number of hydrogen-bond donors (Lipinski definition) is 3. The second-order valence-corrected chi connectivity index (χ2v) is 7.18. The Balaban J connectivity index is 1.74. The van der Waals surface area contributed by atoms with Crippen molar-refractivity contribution in [3.63, 3.8) is 0 Å². The first-order valence-electron chi connectivity index (χ1n) is 9.24. The summed E-state index contributed by atoms with van der Waals surface area (Å²) in [5.41, 5.74) is 7.28. The first kappa shape index (κ1) is 21.7. The summed E-state index contributed by atoms with van der Waals surface area (Å²) in [6, 6.07) is 16.1. The van der Waals surface area contributed by atoms with Gasteiger partial charge in [0.2, 0.25) is 5.91 Å². The minimum absolute atomic E-state index is 0.116. The Bertz CT molecular complexity index is 753. The summed E-state index contributed by atoms with van der Waals surface area (Å²) in [5.74, 6) is -0.139. The molecule has 0 spiro atoms. The number of carbonyl (C=O) groups is 2. The van der Waals surface area contributed by atoms with Gasteiger partial charge in [-0.05, 0) is 43.3 Å². The molecule has 2 aromatic rings. The van der Waals surface area contributed by atoms with Crippen LogP contribution in [0.1, 0.15) is 30.0 Å². The van der Waals surface area contributed by atoms with Crippen molar-refractivity contribution >= 4 is 23.5 Å². The van der Waals surface area contributed by atoms with Gasteiger partial charge in [-0.3, -0.25) is 4.79 Å². The molecule has 0 saturated heterocycles. The molecule has 0 aliphatic rings. The van der Waals surface area contributed by atoms with Gasteiger partial charge in [-0.15, -0.1) is 0 Å². The fourth-order valence-corrected chi connectivity index (χ4v) is 3.05. The molecule has 1 atom stereocenters. The summed E-state index contributed by atoms with van der Waals surface area (Å²) in [6.07, 6.45) is 0.953. The van der Waals surface area contributed by atoms with Gasteiger partial charge in [0.25, 0.3) is 0 Å². The first-order chi connectivity index (χ1) is 13.4. The molecular formula is C21H27ClN4O2. The zero-order valence-corrected chi connectivity index (χ0v) is 16.8. The van der Waals surface area contributed by atoms with E-state index in [0.29, 0.717) is 11.6 Å². The van der Waals surface area contributed by atoms with Gasteiger partial charge in [0.05, 0.1) is 12.5 Å². The number of hydrogen-bond acceptors (Lipinski definition) is 3. The van der Waals surface area contributed by atoms with Gasteiger partial charge < -0.3 is 21.3 Å². The minimum Gasteiger partial charge on any atom is -0.356 e. The fraction of sp³-hybridized carbons (Fsp3) is 0.333.